The fraction of sp³-hybridized carbons (Fsp3) is 0.0143. The Labute approximate surface area is 543 Å². The number of hydrogen-bond donors (Lipinski definition) is 17. The van der Waals surface area contributed by atoms with Crippen LogP contribution in [0.1, 0.15) is 98.8 Å². The number of carbonyl (C=O) groups excluding carboxylic acids is 5. The average Bonchev–Trinajstić information content (AvgIpc) is 0.905. The molecule has 0 atom stereocenters. The molecule has 26 nitrogen and oxygen atoms in total. The summed E-state index contributed by atoms with van der Waals surface area (Å²) in [6.07, 6.45) is 0. The summed E-state index contributed by atoms with van der Waals surface area (Å²) in [5.74, 6) is -8.37. The lowest BCUT2D eigenvalue weighted by molar-refractivity contribution is 0.0686. The van der Waals surface area contributed by atoms with Crippen LogP contribution in [0.25, 0.3) is 0 Å². The van der Waals surface area contributed by atoms with E-state index in [0.717, 1.165) is 29.8 Å². The predicted octanol–water partition coefficient (Wildman–Crippen LogP) is 11.4. The topological polar surface area (TPSA) is 457 Å². The average molecular weight is 1300 g/mol. The molecule has 0 saturated carbocycles. The first kappa shape index (κ1) is 70.9. The number of rotatable bonds is 14. The largest absolute Gasteiger partial charge is 0.508 e. The number of phenolic OH excluding ortho intramolecular Hbond substituents is 8. The molecule has 10 aromatic rings. The Bertz CT molecular complexity index is 4530. The van der Waals surface area contributed by atoms with Gasteiger partial charge in [-0.2, -0.15) is 0 Å². The molecule has 488 valence electrons. The minimum absolute atomic E-state index is 0.0224. The van der Waals surface area contributed by atoms with Crippen molar-refractivity contribution in [2.75, 3.05) is 26.6 Å². The molecule has 0 radical (unpaired) electrons. The molecule has 0 aromatic heterocycles. The van der Waals surface area contributed by atoms with Gasteiger partial charge in [0.05, 0.1) is 50.6 Å². The molecular weight excluding hydrogens is 1250 g/mol. The van der Waals surface area contributed by atoms with Gasteiger partial charge in [-0.05, 0) is 158 Å². The van der Waals surface area contributed by atoms with Crippen molar-refractivity contribution in [3.8, 4) is 46.0 Å². The van der Waals surface area contributed by atoms with Gasteiger partial charge in [-0.15, -0.1) is 0 Å². The number of benzene rings is 10. The lowest BCUT2D eigenvalue weighted by Crippen LogP contribution is -2.14. The van der Waals surface area contributed by atoms with Crippen LogP contribution in [0.15, 0.2) is 224 Å². The molecule has 96 heavy (non-hydrogen) atoms. The third kappa shape index (κ3) is 21.0. The van der Waals surface area contributed by atoms with Crippen molar-refractivity contribution in [3.63, 3.8) is 0 Å². The van der Waals surface area contributed by atoms with Crippen LogP contribution in [0.4, 0.5) is 28.4 Å². The van der Waals surface area contributed by atoms with Crippen molar-refractivity contribution in [1.82, 2.24) is 0 Å². The van der Waals surface area contributed by atoms with E-state index >= 15 is 0 Å². The number of aromatic carboxylic acids is 4. The van der Waals surface area contributed by atoms with E-state index < -0.39 is 47.5 Å². The number of para-hydroxylation sites is 1. The smallest absolute Gasteiger partial charge is 0.337 e. The van der Waals surface area contributed by atoms with Gasteiger partial charge in [0.15, 0.2) is 0 Å². The molecule has 0 heterocycles. The van der Waals surface area contributed by atoms with Gasteiger partial charge in [-0.3, -0.25) is 24.0 Å². The number of amides is 5. The number of carboxylic acid groups (broad SMARTS) is 4. The summed E-state index contributed by atoms with van der Waals surface area (Å²) in [6.45, 7) is 1.88. The number of carbonyl (C=O) groups is 9. The van der Waals surface area contributed by atoms with Crippen molar-refractivity contribution in [2.45, 2.75) is 6.92 Å². The van der Waals surface area contributed by atoms with E-state index in [1.807, 2.05) is 25.1 Å². The molecular formula is C70H57N5O21. The quantitative estimate of drug-likeness (QED) is 0.0450. The predicted molar refractivity (Wildman–Crippen MR) is 350 cm³/mol. The van der Waals surface area contributed by atoms with Crippen molar-refractivity contribution < 1.29 is 104 Å². The summed E-state index contributed by atoms with van der Waals surface area (Å²) >= 11 is 0. The van der Waals surface area contributed by atoms with E-state index in [2.05, 4.69) is 26.6 Å². The molecule has 5 amide bonds. The van der Waals surface area contributed by atoms with Crippen molar-refractivity contribution in [3.05, 3.63) is 280 Å². The van der Waals surface area contributed by atoms with Gasteiger partial charge in [-0.1, -0.05) is 66.7 Å². The molecule has 0 fully saturated rings. The third-order valence-electron chi connectivity index (χ3n) is 12.8. The summed E-state index contributed by atoms with van der Waals surface area (Å²) in [7, 11) is 0. The first-order chi connectivity index (χ1) is 45.7. The molecule has 0 bridgehead atoms. The summed E-state index contributed by atoms with van der Waals surface area (Å²) in [4.78, 5) is 104. The van der Waals surface area contributed by atoms with Gasteiger partial charge >= 0.3 is 23.9 Å². The van der Waals surface area contributed by atoms with Crippen LogP contribution in [0.3, 0.4) is 0 Å². The second-order valence-electron chi connectivity index (χ2n) is 19.8. The van der Waals surface area contributed by atoms with E-state index in [9.17, 15) is 84.0 Å². The third-order valence-corrected chi connectivity index (χ3v) is 12.8. The Morgan fingerprint density at radius 2 is 0.542 bits per heavy atom. The van der Waals surface area contributed by atoms with E-state index in [0.29, 0.717) is 16.8 Å². The highest BCUT2D eigenvalue weighted by molar-refractivity contribution is 6.11. The Kier molecular flexibility index (Phi) is 24.8. The van der Waals surface area contributed by atoms with E-state index in [-0.39, 0.29) is 114 Å². The zero-order chi connectivity index (χ0) is 70.2. The minimum atomic E-state index is -1.28. The minimum Gasteiger partial charge on any atom is -0.508 e. The first-order valence-corrected chi connectivity index (χ1v) is 27.8. The summed E-state index contributed by atoms with van der Waals surface area (Å²) < 4.78 is 0. The van der Waals surface area contributed by atoms with Gasteiger partial charge < -0.3 is 87.9 Å². The highest BCUT2D eigenvalue weighted by Gasteiger charge is 2.20. The van der Waals surface area contributed by atoms with Crippen molar-refractivity contribution >= 4 is 81.9 Å². The van der Waals surface area contributed by atoms with E-state index in [1.165, 1.54) is 115 Å². The van der Waals surface area contributed by atoms with Crippen molar-refractivity contribution in [2.24, 2.45) is 0 Å². The molecule has 0 saturated heterocycles. The summed E-state index contributed by atoms with van der Waals surface area (Å²) in [6, 6.07) is 53.9. The maximum atomic E-state index is 12.0. The van der Waals surface area contributed by atoms with Crippen LogP contribution in [0, 0.1) is 6.92 Å². The van der Waals surface area contributed by atoms with Crippen LogP contribution in [0.2, 0.25) is 0 Å². The normalized spacial score (nSPS) is 9.97. The molecule has 0 aliphatic heterocycles. The highest BCUT2D eigenvalue weighted by Crippen LogP contribution is 2.28. The van der Waals surface area contributed by atoms with E-state index in [1.54, 1.807) is 66.7 Å². The number of carboxylic acids is 4. The molecule has 10 aromatic carbocycles. The van der Waals surface area contributed by atoms with Crippen LogP contribution >= 0.6 is 0 Å². The maximum Gasteiger partial charge on any atom is 0.337 e. The fourth-order valence-electron chi connectivity index (χ4n) is 8.13. The SMILES string of the molecule is Cc1ccc(O)cc1NC(=O)c1ccccc1.O=C(Nc1cc(O)ccc1C(=O)O)c1cccc(O)c1.O=C(Nc1ccc(O)cc1C(=O)O)c1cccc(O)c1.O=C(Nc1ccc(O)cc1C(=O)O)c1ccccc1.O=C(Nc1ccc(O)cc1C(=O)O)c1ccccc1O. The molecule has 0 aliphatic carbocycles. The lowest BCUT2D eigenvalue weighted by Gasteiger charge is -2.09. The number of aromatic hydroxyl groups is 8. The highest BCUT2D eigenvalue weighted by atomic mass is 16.4. The lowest BCUT2D eigenvalue weighted by atomic mass is 10.1. The summed E-state index contributed by atoms with van der Waals surface area (Å²) in [5, 5.41) is 123. The van der Waals surface area contributed by atoms with Gasteiger partial charge in [0.25, 0.3) is 29.5 Å². The second-order valence-corrected chi connectivity index (χ2v) is 19.8. The van der Waals surface area contributed by atoms with Crippen LogP contribution < -0.4 is 26.6 Å². The Morgan fingerprint density at radius 1 is 0.240 bits per heavy atom. The molecule has 0 unspecified atom stereocenters. The van der Waals surface area contributed by atoms with E-state index in [4.69, 9.17) is 20.4 Å². The summed E-state index contributed by atoms with van der Waals surface area (Å²) in [5.41, 5.74) is 2.37. The maximum absolute atomic E-state index is 12.0. The molecule has 17 N–H and O–H groups in total. The molecule has 0 aliphatic rings. The van der Waals surface area contributed by atoms with Gasteiger partial charge in [0.2, 0.25) is 0 Å². The monoisotopic (exact) mass is 1300 g/mol. The first-order valence-electron chi connectivity index (χ1n) is 27.8. The second kappa shape index (κ2) is 33.6. The fourth-order valence-corrected chi connectivity index (χ4v) is 8.13. The van der Waals surface area contributed by atoms with Gasteiger partial charge in [-0.25, -0.2) is 19.2 Å². The van der Waals surface area contributed by atoms with Crippen LogP contribution in [-0.2, 0) is 0 Å². The Balaban J connectivity index is 0.000000190. The molecule has 10 rings (SSSR count). The van der Waals surface area contributed by atoms with Gasteiger partial charge in [0, 0.05) is 40.1 Å². The Hall–Kier alpha value is -14.2. The number of aryl methyl sites for hydroxylation is 1. The number of anilines is 5. The molecule has 0 spiro atoms. The standard InChI is InChI=1S/3C14H11NO5.C14H11NO4.C14H13NO2/c16-9-3-1-2-8(6-9)13(18)15-12-5-4-10(17)7-11(12)14(19)20;16-9-3-1-2-8(6-9)13(18)15-12-7-10(17)4-5-11(12)14(19)20;16-8-5-6-11(10(7-8)14(19)20)15-13(18)9-3-1-2-4-12(9)17;16-10-6-7-12(11(8-10)14(18)19)15-13(17)9-4-2-1-3-5-9;1-10-7-8-12(16)9-13(10)15-14(17)11-5-3-2-4-6-11/h3*1-7,16-17H,(H,15,18)(H,19,20);1-8,16H,(H,15,17)(H,18,19);2-9,16H,1H3,(H,15,17). The molecule has 26 heteroatoms. The zero-order valence-electron chi connectivity index (χ0n) is 49.9. The zero-order valence-corrected chi connectivity index (χ0v) is 49.9. The van der Waals surface area contributed by atoms with Crippen LogP contribution in [-0.4, -0.2) is 115 Å². The number of nitrogens with one attached hydrogen (secondary N) is 5. The number of hydrogen-bond acceptors (Lipinski definition) is 17. The van der Waals surface area contributed by atoms with Crippen LogP contribution in [0.5, 0.6) is 46.0 Å². The van der Waals surface area contributed by atoms with Crippen molar-refractivity contribution in [1.29, 1.82) is 0 Å². The van der Waals surface area contributed by atoms with Gasteiger partial charge in [0.1, 0.15) is 46.0 Å². The Morgan fingerprint density at radius 3 is 0.938 bits per heavy atom. The number of phenols is 8.